The highest BCUT2D eigenvalue weighted by Crippen LogP contribution is 2.37. The van der Waals surface area contributed by atoms with Crippen molar-refractivity contribution in [3.63, 3.8) is 0 Å². The summed E-state index contributed by atoms with van der Waals surface area (Å²) in [4.78, 5) is 43.4. The third kappa shape index (κ3) is 8.34. The predicted octanol–water partition coefficient (Wildman–Crippen LogP) is 5.54. The van der Waals surface area contributed by atoms with Crippen molar-refractivity contribution >= 4 is 46.8 Å². The van der Waals surface area contributed by atoms with Crippen molar-refractivity contribution < 1.29 is 24.2 Å². The molecule has 1 aliphatic heterocycles. The van der Waals surface area contributed by atoms with E-state index in [2.05, 4.69) is 0 Å². The largest absolute Gasteiger partial charge is 0.450 e. The lowest BCUT2D eigenvalue weighted by molar-refractivity contribution is -0.134. The zero-order valence-corrected chi connectivity index (χ0v) is 24.5. The summed E-state index contributed by atoms with van der Waals surface area (Å²) in [6.45, 7) is 10.0. The molecule has 0 bridgehead atoms. The van der Waals surface area contributed by atoms with E-state index >= 15 is 0 Å². The van der Waals surface area contributed by atoms with E-state index < -0.39 is 6.10 Å². The molecule has 3 rings (SSSR count). The van der Waals surface area contributed by atoms with Gasteiger partial charge >= 0.3 is 6.09 Å². The minimum atomic E-state index is -1.11. The predicted molar refractivity (Wildman–Crippen MR) is 153 cm³/mol. The van der Waals surface area contributed by atoms with Gasteiger partial charge in [0.1, 0.15) is 6.10 Å². The van der Waals surface area contributed by atoms with Crippen LogP contribution in [0.2, 0.25) is 10.0 Å². The Morgan fingerprint density at radius 3 is 2.23 bits per heavy atom. The maximum atomic E-state index is 13.6. The second-order valence-electron chi connectivity index (χ2n) is 10.7. The summed E-state index contributed by atoms with van der Waals surface area (Å²) in [5.74, 6) is -0.381. The van der Waals surface area contributed by atoms with E-state index in [4.69, 9.17) is 27.9 Å². The SMILES string of the molecule is CCOC(=O)N1CCN(C(=O)CCC(=O)N(CC(C)(C)C)c2ccc(Cl)cc2C(O)c2ccccc2Cl)CC1. The molecule has 10 heteroatoms. The number of aliphatic hydroxyl groups is 1. The molecule has 1 saturated heterocycles. The van der Waals surface area contributed by atoms with Gasteiger partial charge in [0, 0.05) is 72.4 Å². The monoisotopic (exact) mass is 577 g/mol. The van der Waals surface area contributed by atoms with E-state index in [0.29, 0.717) is 66.2 Å². The molecule has 1 fully saturated rings. The zero-order chi connectivity index (χ0) is 28.7. The summed E-state index contributed by atoms with van der Waals surface area (Å²) in [6, 6.07) is 12.0. The Morgan fingerprint density at radius 1 is 0.974 bits per heavy atom. The lowest BCUT2D eigenvalue weighted by atomic mass is 9.93. The van der Waals surface area contributed by atoms with Crippen molar-refractivity contribution in [2.24, 2.45) is 5.41 Å². The normalized spacial score (nSPS) is 14.6. The van der Waals surface area contributed by atoms with Crippen LogP contribution in [0, 0.1) is 5.41 Å². The van der Waals surface area contributed by atoms with Crippen molar-refractivity contribution in [3.8, 4) is 0 Å². The molecule has 0 aliphatic carbocycles. The standard InChI is InChI=1S/C29H37Cl2N3O5/c1-5-39-28(38)33-16-14-32(15-17-33)25(35)12-13-26(36)34(19-29(2,3)4)24-11-10-20(30)18-22(24)27(37)21-8-6-7-9-23(21)31/h6-11,18,27,37H,5,12-17,19H2,1-4H3. The number of ether oxygens (including phenoxy) is 1. The summed E-state index contributed by atoms with van der Waals surface area (Å²) in [5, 5.41) is 12.1. The number of anilines is 1. The maximum absolute atomic E-state index is 13.6. The third-order valence-corrected chi connectivity index (χ3v) is 7.00. The van der Waals surface area contributed by atoms with Gasteiger partial charge in [0.05, 0.1) is 6.61 Å². The Bertz CT molecular complexity index is 1180. The number of rotatable bonds is 8. The second kappa shape index (κ2) is 13.5. The van der Waals surface area contributed by atoms with Crippen LogP contribution in [0.3, 0.4) is 0 Å². The highest BCUT2D eigenvalue weighted by atomic mass is 35.5. The molecule has 0 radical (unpaired) electrons. The van der Waals surface area contributed by atoms with Gasteiger partial charge < -0.3 is 24.5 Å². The molecule has 1 unspecified atom stereocenters. The number of nitrogens with zero attached hydrogens (tertiary/aromatic N) is 3. The zero-order valence-electron chi connectivity index (χ0n) is 23.0. The van der Waals surface area contributed by atoms with E-state index in [1.807, 2.05) is 20.8 Å². The van der Waals surface area contributed by atoms with Gasteiger partial charge in [-0.15, -0.1) is 0 Å². The Morgan fingerprint density at radius 2 is 1.62 bits per heavy atom. The van der Waals surface area contributed by atoms with E-state index in [-0.39, 0.29) is 36.2 Å². The van der Waals surface area contributed by atoms with Crippen LogP contribution in [0.4, 0.5) is 10.5 Å². The first-order valence-electron chi connectivity index (χ1n) is 13.1. The summed E-state index contributed by atoms with van der Waals surface area (Å²) in [6.07, 6.45) is -1.46. The second-order valence-corrected chi connectivity index (χ2v) is 11.6. The fourth-order valence-electron chi connectivity index (χ4n) is 4.50. The minimum Gasteiger partial charge on any atom is -0.450 e. The summed E-state index contributed by atoms with van der Waals surface area (Å²) in [7, 11) is 0. The molecule has 1 N–H and O–H groups in total. The van der Waals surface area contributed by atoms with Crippen LogP contribution >= 0.6 is 23.2 Å². The van der Waals surface area contributed by atoms with Crippen LogP contribution in [-0.2, 0) is 14.3 Å². The Labute approximate surface area is 240 Å². The van der Waals surface area contributed by atoms with Crippen molar-refractivity contribution in [1.29, 1.82) is 0 Å². The summed E-state index contributed by atoms with van der Waals surface area (Å²) >= 11 is 12.7. The molecule has 2 aromatic carbocycles. The molecule has 1 aliphatic rings. The van der Waals surface area contributed by atoms with Gasteiger partial charge in [-0.2, -0.15) is 0 Å². The fraction of sp³-hybridized carbons (Fsp3) is 0.483. The first kappa shape index (κ1) is 30.7. The fourth-order valence-corrected chi connectivity index (χ4v) is 4.92. The van der Waals surface area contributed by atoms with Crippen LogP contribution in [0.5, 0.6) is 0 Å². The van der Waals surface area contributed by atoms with Crippen molar-refractivity contribution in [2.75, 3.05) is 44.2 Å². The summed E-state index contributed by atoms with van der Waals surface area (Å²) < 4.78 is 5.03. The number of hydrogen-bond donors (Lipinski definition) is 1. The molecule has 212 valence electrons. The van der Waals surface area contributed by atoms with Gasteiger partial charge in [-0.1, -0.05) is 62.2 Å². The van der Waals surface area contributed by atoms with Gasteiger partial charge in [-0.25, -0.2) is 4.79 Å². The van der Waals surface area contributed by atoms with Gasteiger partial charge in [-0.05, 0) is 36.6 Å². The number of hydrogen-bond acceptors (Lipinski definition) is 5. The number of carbonyl (C=O) groups excluding carboxylic acids is 3. The highest BCUT2D eigenvalue weighted by molar-refractivity contribution is 6.31. The highest BCUT2D eigenvalue weighted by Gasteiger charge is 2.29. The molecule has 8 nitrogen and oxygen atoms in total. The molecule has 39 heavy (non-hydrogen) atoms. The third-order valence-electron chi connectivity index (χ3n) is 6.42. The molecule has 0 aromatic heterocycles. The van der Waals surface area contributed by atoms with Crippen LogP contribution in [0.25, 0.3) is 0 Å². The van der Waals surface area contributed by atoms with E-state index in [9.17, 15) is 19.5 Å². The van der Waals surface area contributed by atoms with Crippen LogP contribution in [-0.4, -0.2) is 72.1 Å². The van der Waals surface area contributed by atoms with Crippen molar-refractivity contribution in [1.82, 2.24) is 9.80 Å². The number of benzene rings is 2. The Hall–Kier alpha value is -2.81. The molecular formula is C29H37Cl2N3O5. The van der Waals surface area contributed by atoms with Crippen molar-refractivity contribution in [3.05, 3.63) is 63.6 Å². The smallest absolute Gasteiger partial charge is 0.409 e. The number of piperazine rings is 1. The first-order chi connectivity index (χ1) is 18.4. The lowest BCUT2D eigenvalue weighted by Gasteiger charge is -2.35. The number of carbonyl (C=O) groups is 3. The quantitative estimate of drug-likeness (QED) is 0.445. The van der Waals surface area contributed by atoms with E-state index in [1.165, 1.54) is 0 Å². The molecule has 1 atom stereocenters. The first-order valence-corrected chi connectivity index (χ1v) is 13.9. The van der Waals surface area contributed by atoms with Gasteiger partial charge in [0.25, 0.3) is 0 Å². The number of halogens is 2. The number of aliphatic hydroxyl groups excluding tert-OH is 1. The maximum Gasteiger partial charge on any atom is 0.409 e. The van der Waals surface area contributed by atoms with Crippen LogP contribution in [0.1, 0.15) is 57.8 Å². The molecular weight excluding hydrogens is 541 g/mol. The lowest BCUT2D eigenvalue weighted by Crippen LogP contribution is -2.50. The minimum absolute atomic E-state index is 0.00272. The molecule has 0 spiro atoms. The molecule has 1 heterocycles. The Balaban J connectivity index is 1.78. The molecule has 3 amide bonds. The van der Waals surface area contributed by atoms with Crippen LogP contribution in [0.15, 0.2) is 42.5 Å². The summed E-state index contributed by atoms with van der Waals surface area (Å²) in [5.41, 5.74) is 1.20. The molecule has 2 aromatic rings. The van der Waals surface area contributed by atoms with Gasteiger partial charge in [0.15, 0.2) is 0 Å². The average molecular weight is 579 g/mol. The molecule has 0 saturated carbocycles. The Kier molecular flexibility index (Phi) is 10.6. The van der Waals surface area contributed by atoms with E-state index in [1.54, 1.807) is 64.1 Å². The average Bonchev–Trinajstić information content (AvgIpc) is 2.90. The topological polar surface area (TPSA) is 90.4 Å². The van der Waals surface area contributed by atoms with Crippen LogP contribution < -0.4 is 4.90 Å². The van der Waals surface area contributed by atoms with Gasteiger partial charge in [-0.3, -0.25) is 9.59 Å². The van der Waals surface area contributed by atoms with E-state index in [0.717, 1.165) is 0 Å². The van der Waals surface area contributed by atoms with Gasteiger partial charge in [0.2, 0.25) is 11.8 Å². The number of amides is 3. The van der Waals surface area contributed by atoms with Crippen molar-refractivity contribution in [2.45, 2.75) is 46.6 Å².